The fraction of sp³-hybridized carbons (Fsp3) is 0.130. The van der Waals surface area contributed by atoms with Crippen molar-refractivity contribution in [1.82, 2.24) is 0 Å². The fourth-order valence-electron chi connectivity index (χ4n) is 2.81. The molecule has 0 unspecified atom stereocenters. The van der Waals surface area contributed by atoms with Gasteiger partial charge in [-0.15, -0.1) is 11.8 Å². The van der Waals surface area contributed by atoms with Crippen molar-refractivity contribution in [2.75, 3.05) is 6.26 Å². The van der Waals surface area contributed by atoms with E-state index in [-0.39, 0.29) is 11.7 Å². The molecule has 6 nitrogen and oxygen atoms in total. The Morgan fingerprint density at radius 1 is 0.733 bits per heavy atom. The number of nitrogen functional groups attached to an aromatic ring is 2. The average molecular weight is 421 g/mol. The minimum atomic E-state index is 0.0368. The molecule has 154 valence electrons. The molecule has 0 bridgehead atoms. The second-order valence-electron chi connectivity index (χ2n) is 6.64. The van der Waals surface area contributed by atoms with Crippen molar-refractivity contribution in [3.05, 3.63) is 89.0 Å². The number of amidine groups is 2. The average Bonchev–Trinajstić information content (AvgIpc) is 2.76. The van der Waals surface area contributed by atoms with Crippen LogP contribution in [0.4, 0.5) is 0 Å². The van der Waals surface area contributed by atoms with Gasteiger partial charge in [-0.25, -0.2) is 0 Å². The van der Waals surface area contributed by atoms with E-state index in [2.05, 4.69) is 18.2 Å². The second-order valence-corrected chi connectivity index (χ2v) is 7.52. The van der Waals surface area contributed by atoms with Crippen LogP contribution in [0.15, 0.2) is 71.6 Å². The third kappa shape index (κ3) is 5.78. The molecule has 0 amide bonds. The summed E-state index contributed by atoms with van der Waals surface area (Å²) in [5, 5.41) is 14.9. The molecular formula is C23H24N4O2S. The topological polar surface area (TPSA) is 118 Å². The summed E-state index contributed by atoms with van der Waals surface area (Å²) in [7, 11) is 0. The molecule has 0 aromatic heterocycles. The quantitative estimate of drug-likeness (QED) is 0.236. The highest BCUT2D eigenvalue weighted by Crippen LogP contribution is 2.22. The van der Waals surface area contributed by atoms with Gasteiger partial charge in [-0.3, -0.25) is 10.8 Å². The summed E-state index contributed by atoms with van der Waals surface area (Å²) in [6.07, 6.45) is 2.03. The fourth-order valence-corrected chi connectivity index (χ4v) is 3.35. The van der Waals surface area contributed by atoms with Crippen molar-refractivity contribution in [2.24, 2.45) is 11.5 Å². The van der Waals surface area contributed by atoms with E-state index in [1.165, 1.54) is 0 Å². The van der Waals surface area contributed by atoms with Crippen LogP contribution in [0, 0.1) is 10.8 Å². The molecule has 0 heterocycles. The van der Waals surface area contributed by atoms with Crippen LogP contribution < -0.4 is 20.9 Å². The van der Waals surface area contributed by atoms with Crippen LogP contribution >= 0.6 is 11.8 Å². The summed E-state index contributed by atoms with van der Waals surface area (Å²) < 4.78 is 11.8. The number of hydrogen-bond donors (Lipinski definition) is 4. The lowest BCUT2D eigenvalue weighted by atomic mass is 10.1. The van der Waals surface area contributed by atoms with E-state index in [4.69, 9.17) is 31.8 Å². The highest BCUT2D eigenvalue weighted by atomic mass is 32.2. The Morgan fingerprint density at radius 3 is 1.47 bits per heavy atom. The van der Waals surface area contributed by atoms with E-state index in [1.54, 1.807) is 36.0 Å². The molecule has 3 rings (SSSR count). The number of thioether (sulfide) groups is 1. The van der Waals surface area contributed by atoms with Gasteiger partial charge in [-0.05, 0) is 84.1 Å². The molecule has 0 spiro atoms. The molecule has 7 heteroatoms. The number of nitrogens with two attached hydrogens (primary N) is 2. The third-order valence-corrected chi connectivity index (χ3v) is 5.11. The number of nitrogens with one attached hydrogen (secondary N) is 2. The summed E-state index contributed by atoms with van der Waals surface area (Å²) in [6, 6.07) is 20.6. The van der Waals surface area contributed by atoms with Gasteiger partial charge in [0.05, 0.1) is 0 Å². The first-order chi connectivity index (χ1) is 14.4. The van der Waals surface area contributed by atoms with Gasteiger partial charge in [-0.2, -0.15) is 0 Å². The molecule has 0 saturated carbocycles. The molecule has 0 saturated heterocycles. The van der Waals surface area contributed by atoms with Crippen molar-refractivity contribution in [2.45, 2.75) is 18.1 Å². The van der Waals surface area contributed by atoms with E-state index in [0.29, 0.717) is 24.3 Å². The SMILES string of the molecule is CSc1cc(COc2ccc(C(=N)N)cc2)cc(COc2ccc(C(=N)N)cc2)c1. The van der Waals surface area contributed by atoms with Crippen molar-refractivity contribution in [3.63, 3.8) is 0 Å². The Balaban J connectivity index is 1.65. The lowest BCUT2D eigenvalue weighted by Gasteiger charge is -2.12. The molecule has 0 aliphatic carbocycles. The van der Waals surface area contributed by atoms with Gasteiger partial charge < -0.3 is 20.9 Å². The second kappa shape index (κ2) is 9.84. The van der Waals surface area contributed by atoms with Crippen molar-refractivity contribution >= 4 is 23.4 Å². The van der Waals surface area contributed by atoms with Crippen LogP contribution in [0.1, 0.15) is 22.3 Å². The molecule has 30 heavy (non-hydrogen) atoms. The van der Waals surface area contributed by atoms with Gasteiger partial charge in [0.25, 0.3) is 0 Å². The molecule has 0 aliphatic rings. The minimum Gasteiger partial charge on any atom is -0.489 e. The molecule has 0 radical (unpaired) electrons. The molecule has 0 aliphatic heterocycles. The van der Waals surface area contributed by atoms with E-state index in [0.717, 1.165) is 27.5 Å². The van der Waals surface area contributed by atoms with E-state index >= 15 is 0 Å². The Morgan fingerprint density at radius 2 is 1.13 bits per heavy atom. The lowest BCUT2D eigenvalue weighted by Crippen LogP contribution is -2.10. The van der Waals surface area contributed by atoms with Gasteiger partial charge in [0.1, 0.15) is 36.4 Å². The van der Waals surface area contributed by atoms with Gasteiger partial charge in [0.2, 0.25) is 0 Å². The number of hydrogen-bond acceptors (Lipinski definition) is 5. The Bertz CT molecular complexity index is 954. The highest BCUT2D eigenvalue weighted by Gasteiger charge is 2.05. The van der Waals surface area contributed by atoms with Crippen LogP contribution in [0.2, 0.25) is 0 Å². The molecule has 3 aromatic rings. The van der Waals surface area contributed by atoms with Crippen LogP contribution in [0.5, 0.6) is 11.5 Å². The number of rotatable bonds is 9. The third-order valence-electron chi connectivity index (χ3n) is 4.40. The first kappa shape index (κ1) is 21.3. The van der Waals surface area contributed by atoms with Crippen molar-refractivity contribution in [1.29, 1.82) is 10.8 Å². The van der Waals surface area contributed by atoms with E-state index in [1.807, 2.05) is 30.5 Å². The standard InChI is InChI=1S/C23H24N4O2S/c1-30-21-11-15(13-28-19-6-2-17(3-7-19)22(24)25)10-16(12-21)14-29-20-8-4-18(5-9-20)23(26)27/h2-12H,13-14H2,1H3,(H3,24,25)(H3,26,27). The normalized spacial score (nSPS) is 10.4. The molecule has 3 aromatic carbocycles. The van der Waals surface area contributed by atoms with Crippen LogP contribution in [-0.2, 0) is 13.2 Å². The van der Waals surface area contributed by atoms with Crippen LogP contribution in [0.3, 0.4) is 0 Å². The van der Waals surface area contributed by atoms with Crippen molar-refractivity contribution < 1.29 is 9.47 Å². The summed E-state index contributed by atoms with van der Waals surface area (Å²) in [6.45, 7) is 0.849. The highest BCUT2D eigenvalue weighted by molar-refractivity contribution is 7.98. The largest absolute Gasteiger partial charge is 0.489 e. The van der Waals surface area contributed by atoms with Gasteiger partial charge in [0.15, 0.2) is 0 Å². The number of benzene rings is 3. The molecular weight excluding hydrogens is 396 g/mol. The zero-order chi connectivity index (χ0) is 21.5. The maximum atomic E-state index is 7.45. The van der Waals surface area contributed by atoms with Gasteiger partial charge in [0, 0.05) is 16.0 Å². The van der Waals surface area contributed by atoms with Gasteiger partial charge >= 0.3 is 0 Å². The molecule has 6 N–H and O–H groups in total. The first-order valence-corrected chi connectivity index (χ1v) is 10.5. The maximum absolute atomic E-state index is 7.45. The summed E-state index contributed by atoms with van der Waals surface area (Å²) in [5.41, 5.74) is 14.4. The molecule has 0 fully saturated rings. The minimum absolute atomic E-state index is 0.0368. The monoisotopic (exact) mass is 420 g/mol. The smallest absolute Gasteiger partial charge is 0.122 e. The lowest BCUT2D eigenvalue weighted by molar-refractivity contribution is 0.299. The maximum Gasteiger partial charge on any atom is 0.122 e. The molecule has 0 atom stereocenters. The van der Waals surface area contributed by atoms with Crippen molar-refractivity contribution in [3.8, 4) is 11.5 Å². The number of ether oxygens (including phenoxy) is 2. The first-order valence-electron chi connectivity index (χ1n) is 9.26. The van der Waals surface area contributed by atoms with Crippen LogP contribution in [-0.4, -0.2) is 17.9 Å². The van der Waals surface area contributed by atoms with E-state index < -0.39 is 0 Å². The summed E-state index contributed by atoms with van der Waals surface area (Å²) in [4.78, 5) is 1.13. The Kier molecular flexibility index (Phi) is 6.98. The van der Waals surface area contributed by atoms with Crippen LogP contribution in [0.25, 0.3) is 0 Å². The predicted octanol–water partition coefficient (Wildman–Crippen LogP) is 4.13. The predicted molar refractivity (Wildman–Crippen MR) is 122 cm³/mol. The summed E-state index contributed by atoms with van der Waals surface area (Å²) in [5.74, 6) is 1.51. The zero-order valence-corrected chi connectivity index (χ0v) is 17.5. The summed E-state index contributed by atoms with van der Waals surface area (Å²) >= 11 is 1.66. The Labute approximate surface area is 180 Å². The van der Waals surface area contributed by atoms with E-state index in [9.17, 15) is 0 Å². The zero-order valence-electron chi connectivity index (χ0n) is 16.6. The van der Waals surface area contributed by atoms with Gasteiger partial charge in [-0.1, -0.05) is 0 Å². The Hall–Kier alpha value is -3.45.